The molecule has 0 atom stereocenters. The Bertz CT molecular complexity index is 673. The fourth-order valence-electron chi connectivity index (χ4n) is 1.61. The first-order chi connectivity index (χ1) is 10.5. The van der Waals surface area contributed by atoms with E-state index in [1.165, 1.54) is 32.3 Å². The van der Waals surface area contributed by atoms with E-state index in [0.29, 0.717) is 0 Å². The molecule has 0 heterocycles. The van der Waals surface area contributed by atoms with Crippen LogP contribution in [0.4, 0.5) is 5.69 Å². The van der Waals surface area contributed by atoms with E-state index in [2.05, 4.69) is 10.6 Å². The van der Waals surface area contributed by atoms with Gasteiger partial charge in [-0.05, 0) is 38.5 Å². The molecule has 2 N–H and O–H groups in total. The van der Waals surface area contributed by atoms with Crippen molar-refractivity contribution < 1.29 is 13.2 Å². The third-order valence-electron chi connectivity index (χ3n) is 3.60. The van der Waals surface area contributed by atoms with Gasteiger partial charge < -0.3 is 10.6 Å². The average Bonchev–Trinajstić information content (AvgIpc) is 2.47. The Morgan fingerprint density at radius 3 is 2.43 bits per heavy atom. The van der Waals surface area contributed by atoms with Crippen LogP contribution < -0.4 is 10.6 Å². The fraction of sp³-hybridized carbons (Fsp3) is 0.533. The predicted octanol–water partition coefficient (Wildman–Crippen LogP) is 2.31. The summed E-state index contributed by atoms with van der Waals surface area (Å²) in [5.41, 5.74) is 0.118. The molecule has 6 nitrogen and oxygen atoms in total. The normalized spacial score (nSPS) is 12.5. The SMILES string of the molecule is CCC(C)(C)NCC(=O)Nc1cc(S(=O)(=O)N(C)C)ccc1Cl. The molecule has 1 aromatic rings. The zero-order chi connectivity index (χ0) is 17.8. The van der Waals surface area contributed by atoms with Gasteiger partial charge in [-0.1, -0.05) is 18.5 Å². The van der Waals surface area contributed by atoms with Crippen molar-refractivity contribution in [2.24, 2.45) is 0 Å². The monoisotopic (exact) mass is 361 g/mol. The lowest BCUT2D eigenvalue weighted by Gasteiger charge is -2.24. The van der Waals surface area contributed by atoms with Crippen LogP contribution in [0.15, 0.2) is 23.1 Å². The van der Waals surface area contributed by atoms with Gasteiger partial charge in [-0.25, -0.2) is 12.7 Å². The molecule has 1 aromatic carbocycles. The van der Waals surface area contributed by atoms with Gasteiger partial charge in [0.15, 0.2) is 0 Å². The van der Waals surface area contributed by atoms with Crippen molar-refractivity contribution in [2.45, 2.75) is 37.6 Å². The highest BCUT2D eigenvalue weighted by Crippen LogP contribution is 2.26. The molecule has 0 unspecified atom stereocenters. The molecule has 1 amide bonds. The maximum atomic E-state index is 12.1. The third-order valence-corrected chi connectivity index (χ3v) is 5.74. The van der Waals surface area contributed by atoms with E-state index in [1.54, 1.807) is 0 Å². The van der Waals surface area contributed by atoms with Crippen molar-refractivity contribution >= 4 is 33.2 Å². The van der Waals surface area contributed by atoms with Crippen LogP contribution in [0.5, 0.6) is 0 Å². The number of carbonyl (C=O) groups excluding carboxylic acids is 1. The highest BCUT2D eigenvalue weighted by molar-refractivity contribution is 7.89. The van der Waals surface area contributed by atoms with Crippen molar-refractivity contribution in [3.8, 4) is 0 Å². The summed E-state index contributed by atoms with van der Waals surface area (Å²) >= 11 is 6.04. The molecule has 0 fully saturated rings. The van der Waals surface area contributed by atoms with Gasteiger partial charge in [-0.2, -0.15) is 0 Å². The van der Waals surface area contributed by atoms with Crippen LogP contribution in [0.1, 0.15) is 27.2 Å². The van der Waals surface area contributed by atoms with Crippen molar-refractivity contribution in [3.63, 3.8) is 0 Å². The molecule has 0 saturated carbocycles. The van der Waals surface area contributed by atoms with Crippen molar-refractivity contribution in [3.05, 3.63) is 23.2 Å². The first-order valence-electron chi connectivity index (χ1n) is 7.26. The molecule has 0 aliphatic carbocycles. The molecule has 0 saturated heterocycles. The van der Waals surface area contributed by atoms with Gasteiger partial charge in [0.2, 0.25) is 15.9 Å². The molecule has 0 aliphatic heterocycles. The number of nitrogens with one attached hydrogen (secondary N) is 2. The number of anilines is 1. The number of benzene rings is 1. The predicted molar refractivity (Wildman–Crippen MR) is 93.3 cm³/mol. The maximum absolute atomic E-state index is 12.1. The Morgan fingerprint density at radius 2 is 1.91 bits per heavy atom. The van der Waals surface area contributed by atoms with Crippen LogP contribution in [0.2, 0.25) is 5.02 Å². The minimum atomic E-state index is -3.58. The second kappa shape index (κ2) is 7.61. The average molecular weight is 362 g/mol. The number of rotatable bonds is 7. The number of halogens is 1. The van der Waals surface area contributed by atoms with Gasteiger partial charge in [0.1, 0.15) is 0 Å². The topological polar surface area (TPSA) is 78.5 Å². The number of amides is 1. The van der Waals surface area contributed by atoms with E-state index < -0.39 is 10.0 Å². The molecule has 8 heteroatoms. The van der Waals surface area contributed by atoms with Gasteiger partial charge in [0.25, 0.3) is 0 Å². The Kier molecular flexibility index (Phi) is 6.59. The molecule has 0 radical (unpaired) electrons. The van der Waals surface area contributed by atoms with Gasteiger partial charge in [-0.15, -0.1) is 0 Å². The van der Waals surface area contributed by atoms with Crippen LogP contribution in [0, 0.1) is 0 Å². The largest absolute Gasteiger partial charge is 0.324 e. The summed E-state index contributed by atoms with van der Waals surface area (Å²) in [7, 11) is -0.697. The number of hydrogen-bond donors (Lipinski definition) is 2. The van der Waals surface area contributed by atoms with Gasteiger partial charge in [0.05, 0.1) is 22.2 Å². The van der Waals surface area contributed by atoms with Crippen LogP contribution in [0.25, 0.3) is 0 Å². The minimum Gasteiger partial charge on any atom is -0.324 e. The lowest BCUT2D eigenvalue weighted by atomic mass is 10.0. The second-order valence-electron chi connectivity index (χ2n) is 6.07. The fourth-order valence-corrected chi connectivity index (χ4v) is 2.70. The zero-order valence-electron chi connectivity index (χ0n) is 14.1. The molecule has 1 rings (SSSR count). The van der Waals surface area contributed by atoms with Gasteiger partial charge in [-0.3, -0.25) is 4.79 Å². The van der Waals surface area contributed by atoms with Crippen LogP contribution in [-0.4, -0.2) is 44.8 Å². The highest BCUT2D eigenvalue weighted by atomic mass is 35.5. The second-order valence-corrected chi connectivity index (χ2v) is 8.63. The Labute approximate surface area is 143 Å². The van der Waals surface area contributed by atoms with Gasteiger partial charge in [0, 0.05) is 19.6 Å². The summed E-state index contributed by atoms with van der Waals surface area (Å²) < 4.78 is 25.4. The summed E-state index contributed by atoms with van der Waals surface area (Å²) in [6, 6.07) is 4.23. The third kappa shape index (κ3) is 5.46. The summed E-state index contributed by atoms with van der Waals surface area (Å²) in [6.45, 7) is 6.13. The molecule has 0 spiro atoms. The smallest absolute Gasteiger partial charge is 0.242 e. The molecular formula is C15H24ClN3O3S. The maximum Gasteiger partial charge on any atom is 0.242 e. The summed E-state index contributed by atoms with van der Waals surface area (Å²) in [4.78, 5) is 12.1. The van der Waals surface area contributed by atoms with E-state index in [-0.39, 0.29) is 33.6 Å². The van der Waals surface area contributed by atoms with Crippen LogP contribution >= 0.6 is 11.6 Å². The molecule has 0 aromatic heterocycles. The Hall–Kier alpha value is -1.15. The number of sulfonamides is 1. The molecular weight excluding hydrogens is 338 g/mol. The lowest BCUT2D eigenvalue weighted by molar-refractivity contribution is -0.115. The Balaban J connectivity index is 2.91. The highest BCUT2D eigenvalue weighted by Gasteiger charge is 2.20. The quantitative estimate of drug-likeness (QED) is 0.781. The van der Waals surface area contributed by atoms with E-state index in [0.717, 1.165) is 10.7 Å². The molecule has 0 bridgehead atoms. The first kappa shape index (κ1) is 19.9. The molecule has 23 heavy (non-hydrogen) atoms. The summed E-state index contributed by atoms with van der Waals surface area (Å²) in [5, 5.41) is 6.05. The number of carbonyl (C=O) groups is 1. The van der Waals surface area contributed by atoms with Crippen LogP contribution in [-0.2, 0) is 14.8 Å². The minimum absolute atomic E-state index is 0.0732. The standard InChI is InChI=1S/C15H24ClN3O3S/c1-6-15(2,3)17-10-14(20)18-13-9-11(7-8-12(13)16)23(21,22)19(4)5/h7-9,17H,6,10H2,1-5H3,(H,18,20). The molecule has 130 valence electrons. The van der Waals surface area contributed by atoms with Crippen LogP contribution in [0.3, 0.4) is 0 Å². The van der Waals surface area contributed by atoms with Crippen molar-refractivity contribution in [1.29, 1.82) is 0 Å². The first-order valence-corrected chi connectivity index (χ1v) is 9.08. The number of hydrogen-bond acceptors (Lipinski definition) is 4. The van der Waals surface area contributed by atoms with E-state index in [4.69, 9.17) is 11.6 Å². The lowest BCUT2D eigenvalue weighted by Crippen LogP contribution is -2.43. The summed E-state index contributed by atoms with van der Waals surface area (Å²) in [5.74, 6) is -0.284. The van der Waals surface area contributed by atoms with Crippen molar-refractivity contribution in [1.82, 2.24) is 9.62 Å². The number of nitrogens with zero attached hydrogens (tertiary/aromatic N) is 1. The molecule has 0 aliphatic rings. The van der Waals surface area contributed by atoms with Crippen molar-refractivity contribution in [2.75, 3.05) is 26.0 Å². The van der Waals surface area contributed by atoms with E-state index in [1.807, 2.05) is 20.8 Å². The zero-order valence-corrected chi connectivity index (χ0v) is 15.7. The van der Waals surface area contributed by atoms with E-state index >= 15 is 0 Å². The summed E-state index contributed by atoms with van der Waals surface area (Å²) in [6.07, 6.45) is 0.873. The van der Waals surface area contributed by atoms with E-state index in [9.17, 15) is 13.2 Å². The Morgan fingerprint density at radius 1 is 1.30 bits per heavy atom. The van der Waals surface area contributed by atoms with Gasteiger partial charge >= 0.3 is 0 Å².